The van der Waals surface area contributed by atoms with Gasteiger partial charge in [0.2, 0.25) is 0 Å². The molecule has 0 unspecified atom stereocenters. The highest BCUT2D eigenvalue weighted by Crippen LogP contribution is 2.30. The lowest BCUT2D eigenvalue weighted by atomic mass is 9.95. The first-order valence-corrected chi connectivity index (χ1v) is 7.98. The fraction of sp³-hybridized carbons (Fsp3) is 0.250. The summed E-state index contributed by atoms with van der Waals surface area (Å²) in [6.45, 7) is 4.40. The van der Waals surface area contributed by atoms with Crippen LogP contribution in [0.15, 0.2) is 64.8 Å². The molecule has 2 aliphatic rings. The molecule has 0 aromatic heterocycles. The van der Waals surface area contributed by atoms with Crippen molar-refractivity contribution in [2.45, 2.75) is 32.9 Å². The molecule has 1 atom stereocenters. The summed E-state index contributed by atoms with van der Waals surface area (Å²) in [5.74, 6) is 0. The molecule has 0 bridgehead atoms. The molecular formula is C20H20N2. The molecule has 2 aromatic carbocycles. The largest absolute Gasteiger partial charge is 0.363 e. The average Bonchev–Trinajstić information content (AvgIpc) is 3.04. The van der Waals surface area contributed by atoms with Crippen molar-refractivity contribution in [1.29, 1.82) is 0 Å². The maximum atomic E-state index is 4.87. The number of allylic oxidation sites excluding steroid dienone is 1. The van der Waals surface area contributed by atoms with Crippen molar-refractivity contribution in [1.82, 2.24) is 5.32 Å². The van der Waals surface area contributed by atoms with Gasteiger partial charge in [0.05, 0.1) is 5.36 Å². The third-order valence-electron chi connectivity index (χ3n) is 4.68. The Hall–Kier alpha value is -2.35. The van der Waals surface area contributed by atoms with E-state index in [0.717, 1.165) is 18.2 Å². The first-order valence-electron chi connectivity index (χ1n) is 7.98. The Morgan fingerprint density at radius 1 is 1.05 bits per heavy atom. The fourth-order valence-corrected chi connectivity index (χ4v) is 3.58. The second-order valence-electron chi connectivity index (χ2n) is 6.02. The van der Waals surface area contributed by atoms with Crippen molar-refractivity contribution in [3.05, 3.63) is 81.5 Å². The average molecular weight is 288 g/mol. The molecule has 0 aliphatic carbocycles. The summed E-state index contributed by atoms with van der Waals surface area (Å²) in [4.78, 5) is 4.87. The Morgan fingerprint density at radius 3 is 2.64 bits per heavy atom. The van der Waals surface area contributed by atoms with Crippen LogP contribution in [0.5, 0.6) is 0 Å². The van der Waals surface area contributed by atoms with Crippen LogP contribution in [0.2, 0.25) is 0 Å². The lowest BCUT2D eigenvalue weighted by molar-refractivity contribution is 0.741. The van der Waals surface area contributed by atoms with Gasteiger partial charge in [0.25, 0.3) is 0 Å². The van der Waals surface area contributed by atoms with E-state index >= 15 is 0 Å². The van der Waals surface area contributed by atoms with Gasteiger partial charge in [-0.05, 0) is 42.5 Å². The standard InChI is InChI=1S/C20H20N2/c1-3-15-10-7-11-17-18(15)19-16(13(2)21-20(19)22-17)12-14-8-5-4-6-9-14/h4-11,20-21H,3,12H2,1-2H3/t20-/m1/s1. The molecule has 22 heavy (non-hydrogen) atoms. The topological polar surface area (TPSA) is 24.4 Å². The first-order chi connectivity index (χ1) is 10.8. The smallest absolute Gasteiger partial charge is 0.146 e. The van der Waals surface area contributed by atoms with Gasteiger partial charge in [-0.25, -0.2) is 0 Å². The van der Waals surface area contributed by atoms with Crippen LogP contribution in [0.1, 0.15) is 25.0 Å². The number of rotatable bonds is 3. The number of nitrogens with one attached hydrogen (secondary N) is 1. The Kier molecular flexibility index (Phi) is 3.11. The zero-order chi connectivity index (χ0) is 15.1. The van der Waals surface area contributed by atoms with Crippen molar-refractivity contribution in [3.8, 4) is 0 Å². The van der Waals surface area contributed by atoms with Gasteiger partial charge in [-0.1, -0.05) is 49.4 Å². The Morgan fingerprint density at radius 2 is 1.86 bits per heavy atom. The minimum Gasteiger partial charge on any atom is -0.363 e. The maximum absolute atomic E-state index is 4.87. The highest BCUT2D eigenvalue weighted by molar-refractivity contribution is 5.75. The van der Waals surface area contributed by atoms with E-state index in [2.05, 4.69) is 67.7 Å². The van der Waals surface area contributed by atoms with Gasteiger partial charge >= 0.3 is 0 Å². The minimum absolute atomic E-state index is 0.112. The van der Waals surface area contributed by atoms with Crippen molar-refractivity contribution in [3.63, 3.8) is 0 Å². The summed E-state index contributed by atoms with van der Waals surface area (Å²) in [7, 11) is 0. The van der Waals surface area contributed by atoms with Gasteiger partial charge in [-0.2, -0.15) is 0 Å². The van der Waals surface area contributed by atoms with E-state index in [-0.39, 0.29) is 6.17 Å². The summed E-state index contributed by atoms with van der Waals surface area (Å²) < 4.78 is 0. The summed E-state index contributed by atoms with van der Waals surface area (Å²) >= 11 is 0. The van der Waals surface area contributed by atoms with Crippen molar-refractivity contribution < 1.29 is 0 Å². The van der Waals surface area contributed by atoms with Crippen molar-refractivity contribution >= 4 is 5.57 Å². The van der Waals surface area contributed by atoms with Crippen LogP contribution >= 0.6 is 0 Å². The molecule has 0 fully saturated rings. The zero-order valence-electron chi connectivity index (χ0n) is 13.1. The molecule has 0 amide bonds. The molecule has 2 aliphatic heterocycles. The zero-order valence-corrected chi connectivity index (χ0v) is 13.1. The first kappa shape index (κ1) is 13.3. The lowest BCUT2D eigenvalue weighted by Gasteiger charge is -2.08. The number of hydrogen-bond acceptors (Lipinski definition) is 2. The quantitative estimate of drug-likeness (QED) is 0.922. The third kappa shape index (κ3) is 1.98. The predicted molar refractivity (Wildman–Crippen MR) is 89.8 cm³/mol. The van der Waals surface area contributed by atoms with E-state index in [1.807, 2.05) is 0 Å². The molecule has 2 aromatic rings. The minimum atomic E-state index is 0.112. The van der Waals surface area contributed by atoms with E-state index in [4.69, 9.17) is 4.99 Å². The van der Waals surface area contributed by atoms with Crippen LogP contribution in [-0.2, 0) is 12.8 Å². The second kappa shape index (κ2) is 5.13. The van der Waals surface area contributed by atoms with E-state index in [1.165, 1.54) is 33.2 Å². The van der Waals surface area contributed by atoms with Gasteiger partial charge < -0.3 is 5.32 Å². The molecule has 0 saturated heterocycles. The Balaban J connectivity index is 1.89. The molecular weight excluding hydrogens is 268 g/mol. The Bertz CT molecular complexity index is 876. The molecule has 0 saturated carbocycles. The fourth-order valence-electron chi connectivity index (χ4n) is 3.58. The number of benzene rings is 2. The van der Waals surface area contributed by atoms with Crippen molar-refractivity contribution in [2.75, 3.05) is 0 Å². The lowest BCUT2D eigenvalue weighted by Crippen LogP contribution is -2.27. The van der Waals surface area contributed by atoms with Gasteiger partial charge in [0.15, 0.2) is 0 Å². The van der Waals surface area contributed by atoms with Crippen LogP contribution < -0.4 is 15.9 Å². The van der Waals surface area contributed by atoms with Crippen LogP contribution in [0, 0.1) is 0 Å². The van der Waals surface area contributed by atoms with Crippen LogP contribution in [0.25, 0.3) is 5.57 Å². The van der Waals surface area contributed by atoms with E-state index in [9.17, 15) is 0 Å². The highest BCUT2D eigenvalue weighted by Gasteiger charge is 2.30. The van der Waals surface area contributed by atoms with E-state index in [0.29, 0.717) is 0 Å². The molecule has 2 nitrogen and oxygen atoms in total. The van der Waals surface area contributed by atoms with Gasteiger partial charge in [-0.3, -0.25) is 4.99 Å². The summed E-state index contributed by atoms with van der Waals surface area (Å²) in [6, 6.07) is 17.2. The van der Waals surface area contributed by atoms with Crippen LogP contribution in [-0.4, -0.2) is 6.17 Å². The molecule has 0 spiro atoms. The summed E-state index contributed by atoms with van der Waals surface area (Å²) in [5.41, 5.74) is 6.84. The second-order valence-corrected chi connectivity index (χ2v) is 6.02. The Labute approximate surface area is 130 Å². The summed E-state index contributed by atoms with van der Waals surface area (Å²) in [6.07, 6.45) is 2.13. The normalized spacial score (nSPS) is 18.8. The predicted octanol–water partition coefficient (Wildman–Crippen LogP) is 2.48. The van der Waals surface area contributed by atoms with E-state index < -0.39 is 0 Å². The molecule has 110 valence electrons. The molecule has 2 heterocycles. The molecule has 2 heteroatoms. The number of hydrogen-bond donors (Lipinski definition) is 1. The number of nitrogens with zero attached hydrogens (tertiary/aromatic N) is 1. The maximum Gasteiger partial charge on any atom is 0.146 e. The molecule has 1 N–H and O–H groups in total. The third-order valence-corrected chi connectivity index (χ3v) is 4.68. The van der Waals surface area contributed by atoms with E-state index in [1.54, 1.807) is 0 Å². The van der Waals surface area contributed by atoms with Crippen LogP contribution in [0.4, 0.5) is 0 Å². The molecule has 4 rings (SSSR count). The SMILES string of the molecule is CCc1cccc2c1=C1C(Cc3ccccc3)=C(C)N[C@@H]1N=2. The van der Waals surface area contributed by atoms with Crippen molar-refractivity contribution in [2.24, 2.45) is 4.99 Å². The number of fused-ring (bicyclic) bond motifs is 2. The molecule has 0 radical (unpaired) electrons. The van der Waals surface area contributed by atoms with Crippen LogP contribution in [0.3, 0.4) is 0 Å². The van der Waals surface area contributed by atoms with Gasteiger partial charge in [-0.15, -0.1) is 0 Å². The summed E-state index contributed by atoms with van der Waals surface area (Å²) in [5, 5.41) is 6.07. The van der Waals surface area contributed by atoms with Gasteiger partial charge in [0, 0.05) is 16.5 Å². The number of aryl methyl sites for hydroxylation is 1. The van der Waals surface area contributed by atoms with Gasteiger partial charge in [0.1, 0.15) is 6.17 Å². The highest BCUT2D eigenvalue weighted by atomic mass is 15.1. The monoisotopic (exact) mass is 288 g/mol.